The summed E-state index contributed by atoms with van der Waals surface area (Å²) < 4.78 is 11.0. The average molecular weight is 236 g/mol. The van der Waals surface area contributed by atoms with Crippen LogP contribution >= 0.6 is 0 Å². The highest BCUT2D eigenvalue weighted by Gasteiger charge is 2.41. The molecule has 1 aliphatic heterocycles. The lowest BCUT2D eigenvalue weighted by molar-refractivity contribution is -0.146. The van der Waals surface area contributed by atoms with E-state index in [9.17, 15) is 0 Å². The second-order valence-electron chi connectivity index (χ2n) is 5.10. The zero-order chi connectivity index (χ0) is 12.3. The maximum Gasteiger partial charge on any atom is 0.119 e. The highest BCUT2D eigenvalue weighted by atomic mass is 16.5. The summed E-state index contributed by atoms with van der Waals surface area (Å²) in [4.78, 5) is 0. The van der Waals surface area contributed by atoms with Crippen LogP contribution in [0.1, 0.15) is 20.3 Å². The molecule has 1 N–H and O–H groups in total. The molecule has 1 saturated heterocycles. The SMILES string of the molecule is CC(C)C1(CCOc2ccc(O)cc2)COC1. The minimum absolute atomic E-state index is 0.267. The van der Waals surface area contributed by atoms with Crippen molar-refractivity contribution in [3.05, 3.63) is 24.3 Å². The predicted octanol–water partition coefficient (Wildman–Crippen LogP) is 2.83. The first kappa shape index (κ1) is 12.2. The summed E-state index contributed by atoms with van der Waals surface area (Å²) in [6.07, 6.45) is 1.02. The van der Waals surface area contributed by atoms with Crippen LogP contribution < -0.4 is 4.74 Å². The Labute approximate surface area is 102 Å². The zero-order valence-electron chi connectivity index (χ0n) is 10.5. The molecule has 1 aliphatic rings. The summed E-state index contributed by atoms with van der Waals surface area (Å²) in [5.41, 5.74) is 0.302. The van der Waals surface area contributed by atoms with E-state index in [2.05, 4.69) is 13.8 Å². The first-order chi connectivity index (χ1) is 8.12. The monoisotopic (exact) mass is 236 g/mol. The summed E-state index contributed by atoms with van der Waals surface area (Å²) in [5, 5.41) is 9.16. The summed E-state index contributed by atoms with van der Waals surface area (Å²) in [7, 11) is 0. The van der Waals surface area contributed by atoms with Gasteiger partial charge in [-0.1, -0.05) is 13.8 Å². The largest absolute Gasteiger partial charge is 0.508 e. The molecule has 1 fully saturated rings. The van der Waals surface area contributed by atoms with Gasteiger partial charge < -0.3 is 14.6 Å². The summed E-state index contributed by atoms with van der Waals surface area (Å²) >= 11 is 0. The third kappa shape index (κ3) is 2.72. The molecule has 1 heterocycles. The van der Waals surface area contributed by atoms with Gasteiger partial charge in [-0.15, -0.1) is 0 Å². The van der Waals surface area contributed by atoms with Crippen molar-refractivity contribution < 1.29 is 14.6 Å². The van der Waals surface area contributed by atoms with Crippen LogP contribution in [0.15, 0.2) is 24.3 Å². The van der Waals surface area contributed by atoms with E-state index in [4.69, 9.17) is 14.6 Å². The lowest BCUT2D eigenvalue weighted by Crippen LogP contribution is -2.47. The van der Waals surface area contributed by atoms with E-state index < -0.39 is 0 Å². The maximum atomic E-state index is 9.16. The Balaban J connectivity index is 1.81. The smallest absolute Gasteiger partial charge is 0.119 e. The van der Waals surface area contributed by atoms with Crippen LogP contribution in [0.3, 0.4) is 0 Å². The lowest BCUT2D eigenvalue weighted by atomic mass is 9.73. The van der Waals surface area contributed by atoms with Crippen LogP contribution in [-0.4, -0.2) is 24.9 Å². The molecule has 0 radical (unpaired) electrons. The molecule has 0 spiro atoms. The molecule has 0 saturated carbocycles. The molecule has 0 bridgehead atoms. The van der Waals surface area contributed by atoms with Gasteiger partial charge in [-0.3, -0.25) is 0 Å². The van der Waals surface area contributed by atoms with Crippen molar-refractivity contribution in [3.63, 3.8) is 0 Å². The number of hydrogen-bond acceptors (Lipinski definition) is 3. The fraction of sp³-hybridized carbons (Fsp3) is 0.571. The van der Waals surface area contributed by atoms with Crippen LogP contribution in [0.25, 0.3) is 0 Å². The molecule has 0 atom stereocenters. The maximum absolute atomic E-state index is 9.16. The normalized spacial score (nSPS) is 17.8. The van der Waals surface area contributed by atoms with Crippen LogP contribution in [0.4, 0.5) is 0 Å². The highest BCUT2D eigenvalue weighted by Crippen LogP contribution is 2.39. The lowest BCUT2D eigenvalue weighted by Gasteiger charge is -2.45. The van der Waals surface area contributed by atoms with Gasteiger partial charge in [0.25, 0.3) is 0 Å². The molecule has 0 unspecified atom stereocenters. The second-order valence-corrected chi connectivity index (χ2v) is 5.10. The fourth-order valence-electron chi connectivity index (χ4n) is 2.05. The van der Waals surface area contributed by atoms with Crippen LogP contribution in [0, 0.1) is 11.3 Å². The summed E-state index contributed by atoms with van der Waals surface area (Å²) in [5.74, 6) is 1.70. The summed E-state index contributed by atoms with van der Waals surface area (Å²) in [6.45, 7) is 6.88. The molecule has 2 rings (SSSR count). The quantitative estimate of drug-likeness (QED) is 0.854. The van der Waals surface area contributed by atoms with Crippen molar-refractivity contribution in [1.82, 2.24) is 0 Å². The molecule has 94 valence electrons. The third-order valence-electron chi connectivity index (χ3n) is 3.71. The zero-order valence-corrected chi connectivity index (χ0v) is 10.5. The molecule has 0 aromatic heterocycles. The number of hydrogen-bond donors (Lipinski definition) is 1. The Kier molecular flexibility index (Phi) is 3.57. The Morgan fingerprint density at radius 3 is 2.41 bits per heavy atom. The molecule has 17 heavy (non-hydrogen) atoms. The van der Waals surface area contributed by atoms with E-state index in [1.807, 2.05) is 0 Å². The molecule has 0 aliphatic carbocycles. The van der Waals surface area contributed by atoms with Crippen LogP contribution in [0.2, 0.25) is 0 Å². The number of phenols is 1. The van der Waals surface area contributed by atoms with Crippen molar-refractivity contribution in [2.75, 3.05) is 19.8 Å². The Bertz CT molecular complexity index is 352. The van der Waals surface area contributed by atoms with Crippen molar-refractivity contribution >= 4 is 0 Å². The van der Waals surface area contributed by atoms with Crippen molar-refractivity contribution in [1.29, 1.82) is 0 Å². The van der Waals surface area contributed by atoms with Crippen molar-refractivity contribution in [2.45, 2.75) is 20.3 Å². The van der Waals surface area contributed by atoms with Gasteiger partial charge in [0.1, 0.15) is 11.5 Å². The average Bonchev–Trinajstić information content (AvgIpc) is 2.24. The van der Waals surface area contributed by atoms with Gasteiger partial charge in [-0.25, -0.2) is 0 Å². The molecule has 1 aromatic carbocycles. The van der Waals surface area contributed by atoms with E-state index in [0.29, 0.717) is 17.9 Å². The van der Waals surface area contributed by atoms with Gasteiger partial charge in [0.2, 0.25) is 0 Å². The number of aromatic hydroxyl groups is 1. The first-order valence-electron chi connectivity index (χ1n) is 6.12. The van der Waals surface area contributed by atoms with Crippen molar-refractivity contribution in [3.8, 4) is 11.5 Å². The molecule has 3 heteroatoms. The van der Waals surface area contributed by atoms with E-state index in [1.54, 1.807) is 24.3 Å². The second kappa shape index (κ2) is 4.96. The Hall–Kier alpha value is -1.22. The Morgan fingerprint density at radius 2 is 1.94 bits per heavy atom. The predicted molar refractivity (Wildman–Crippen MR) is 66.3 cm³/mol. The minimum atomic E-state index is 0.267. The topological polar surface area (TPSA) is 38.7 Å². The van der Waals surface area contributed by atoms with Gasteiger partial charge in [0.15, 0.2) is 0 Å². The number of ether oxygens (including phenoxy) is 2. The van der Waals surface area contributed by atoms with E-state index >= 15 is 0 Å². The van der Waals surface area contributed by atoms with Gasteiger partial charge in [-0.2, -0.15) is 0 Å². The van der Waals surface area contributed by atoms with E-state index in [0.717, 1.165) is 25.4 Å². The molecule has 1 aromatic rings. The molecular formula is C14H20O3. The fourth-order valence-corrected chi connectivity index (χ4v) is 2.05. The van der Waals surface area contributed by atoms with Crippen molar-refractivity contribution in [2.24, 2.45) is 11.3 Å². The molecular weight excluding hydrogens is 216 g/mol. The Morgan fingerprint density at radius 1 is 1.29 bits per heavy atom. The molecule has 3 nitrogen and oxygen atoms in total. The van der Waals surface area contributed by atoms with Gasteiger partial charge in [-0.05, 0) is 36.6 Å². The van der Waals surface area contributed by atoms with E-state index in [-0.39, 0.29) is 5.75 Å². The van der Waals surface area contributed by atoms with Crippen LogP contribution in [0.5, 0.6) is 11.5 Å². The molecule has 0 amide bonds. The number of benzene rings is 1. The first-order valence-corrected chi connectivity index (χ1v) is 6.12. The third-order valence-corrected chi connectivity index (χ3v) is 3.71. The number of rotatable bonds is 5. The van der Waals surface area contributed by atoms with E-state index in [1.165, 1.54) is 0 Å². The van der Waals surface area contributed by atoms with Gasteiger partial charge in [0, 0.05) is 5.41 Å². The van der Waals surface area contributed by atoms with Crippen LogP contribution in [-0.2, 0) is 4.74 Å². The van der Waals surface area contributed by atoms with Gasteiger partial charge >= 0.3 is 0 Å². The highest BCUT2D eigenvalue weighted by molar-refractivity contribution is 5.30. The minimum Gasteiger partial charge on any atom is -0.508 e. The standard InChI is InChI=1S/C14H20O3/c1-11(2)14(9-16-10-14)7-8-17-13-5-3-12(15)4-6-13/h3-6,11,15H,7-10H2,1-2H3. The summed E-state index contributed by atoms with van der Waals surface area (Å²) in [6, 6.07) is 6.85. The van der Waals surface area contributed by atoms with Gasteiger partial charge in [0.05, 0.1) is 19.8 Å². The number of phenolic OH excluding ortho intramolecular Hbond substituents is 1.